The Labute approximate surface area is 368 Å². The van der Waals surface area contributed by atoms with Gasteiger partial charge in [0.05, 0.1) is 27.6 Å². The fourth-order valence-corrected chi connectivity index (χ4v) is 12.0. The molecule has 0 fully saturated rings. The van der Waals surface area contributed by atoms with Crippen LogP contribution in [0.3, 0.4) is 0 Å². The van der Waals surface area contributed by atoms with Crippen LogP contribution in [0, 0.1) is 5.41 Å². The number of benzene rings is 6. The van der Waals surface area contributed by atoms with Gasteiger partial charge in [-0.3, -0.25) is 4.57 Å². The third-order valence-electron chi connectivity index (χ3n) is 15.2. The number of allylic oxidation sites excluding steroid dienone is 9. The zero-order valence-electron chi connectivity index (χ0n) is 36.5. The molecule has 0 spiro atoms. The molecule has 0 saturated carbocycles. The predicted octanol–water partition coefficient (Wildman–Crippen LogP) is 13.8. The van der Waals surface area contributed by atoms with Gasteiger partial charge in [0.15, 0.2) is 0 Å². The second-order valence-electron chi connectivity index (χ2n) is 19.1. The van der Waals surface area contributed by atoms with Crippen molar-refractivity contribution in [1.29, 1.82) is 0 Å². The zero-order valence-corrected chi connectivity index (χ0v) is 36.5. The molecule has 0 bridgehead atoms. The van der Waals surface area contributed by atoms with Gasteiger partial charge in [-0.1, -0.05) is 161 Å². The molecule has 0 radical (unpaired) electrons. The monoisotopic (exact) mass is 811 g/mol. The van der Waals surface area contributed by atoms with Crippen LogP contribution >= 0.6 is 0 Å². The van der Waals surface area contributed by atoms with Crippen molar-refractivity contribution < 1.29 is 0 Å². The minimum Gasteiger partial charge on any atom is -0.309 e. The smallest absolute Gasteiger partial charge is 0.146 e. The van der Waals surface area contributed by atoms with Gasteiger partial charge in [0, 0.05) is 43.5 Å². The summed E-state index contributed by atoms with van der Waals surface area (Å²) in [5.74, 6) is 1.03. The van der Waals surface area contributed by atoms with Gasteiger partial charge in [0.1, 0.15) is 5.84 Å². The summed E-state index contributed by atoms with van der Waals surface area (Å²) in [6.45, 7) is 9.56. The maximum atomic E-state index is 5.97. The third kappa shape index (κ3) is 5.11. The van der Waals surface area contributed by atoms with Gasteiger partial charge < -0.3 is 4.57 Å². The Morgan fingerprint density at radius 1 is 0.667 bits per heavy atom. The normalized spacial score (nSPS) is 19.6. The van der Waals surface area contributed by atoms with E-state index in [1.54, 1.807) is 0 Å². The van der Waals surface area contributed by atoms with Crippen LogP contribution in [-0.2, 0) is 5.41 Å². The summed E-state index contributed by atoms with van der Waals surface area (Å²) in [7, 11) is 0. The summed E-state index contributed by atoms with van der Waals surface area (Å²) in [5.41, 5.74) is 18.0. The molecule has 5 aliphatic rings. The number of para-hydroxylation sites is 1. The minimum absolute atomic E-state index is 0.0940. The number of hydrogen-bond donors (Lipinski definition) is 0. The lowest BCUT2D eigenvalue weighted by molar-refractivity contribution is 0.589. The Bertz CT molecular complexity index is 3700. The number of aliphatic imine (C=N–C) groups is 1. The summed E-state index contributed by atoms with van der Waals surface area (Å²) in [5, 5.41) is 8.87. The van der Waals surface area contributed by atoms with Crippen molar-refractivity contribution in [3.05, 3.63) is 202 Å². The second kappa shape index (κ2) is 13.3. The minimum atomic E-state index is -0.116. The molecule has 63 heavy (non-hydrogen) atoms. The fraction of sp³-hybridized carbons (Fsp3) is 0.183. The van der Waals surface area contributed by atoms with E-state index in [0.717, 1.165) is 49.3 Å². The van der Waals surface area contributed by atoms with Crippen molar-refractivity contribution in [2.45, 2.75) is 65.2 Å². The van der Waals surface area contributed by atoms with E-state index in [1.807, 2.05) is 0 Å². The molecule has 0 saturated heterocycles. The summed E-state index contributed by atoms with van der Waals surface area (Å²) >= 11 is 0. The number of aromatic nitrogens is 2. The van der Waals surface area contributed by atoms with Crippen LogP contribution < -0.4 is 10.6 Å². The maximum absolute atomic E-state index is 5.97. The third-order valence-corrected chi connectivity index (χ3v) is 15.2. The fourth-order valence-electron chi connectivity index (χ4n) is 12.0. The summed E-state index contributed by atoms with van der Waals surface area (Å²) in [4.78, 5) is 5.97. The highest BCUT2D eigenvalue weighted by molar-refractivity contribution is 6.29. The molecular weight excluding hydrogens is 763 g/mol. The van der Waals surface area contributed by atoms with Crippen molar-refractivity contribution in [1.82, 2.24) is 9.13 Å². The van der Waals surface area contributed by atoms with E-state index in [1.165, 1.54) is 104 Å². The topological polar surface area (TPSA) is 22.2 Å². The van der Waals surface area contributed by atoms with Gasteiger partial charge in [0.25, 0.3) is 0 Å². The zero-order chi connectivity index (χ0) is 42.2. The molecule has 0 amide bonds. The molecule has 0 N–H and O–H groups in total. The molecule has 6 aromatic carbocycles. The van der Waals surface area contributed by atoms with Crippen LogP contribution in [0.4, 0.5) is 0 Å². The predicted molar refractivity (Wildman–Crippen MR) is 266 cm³/mol. The molecule has 3 heteroatoms. The standard InChI is InChI=1S/C60H49N3/c1-5-37-33-40-19-8-12-26-50(40)61-58(55(37)45-22-16-25-48-56(45)43-21-9-11-23-47(43)59(48,2)3)63-52-30-32-60(4)31-15-14-24-49(60)57(52)44-29-28-41(36-54(44)63)62-51-27-13-10-20-42(51)46-34-38-17-6-7-18-39(38)35-53(46)62/h6-7,9-18,20-31,34-36H,5,8,19,32-33H2,1-4H3. The molecule has 1 unspecified atom stereocenters. The molecule has 3 nitrogen and oxygen atoms in total. The maximum Gasteiger partial charge on any atom is 0.146 e. The van der Waals surface area contributed by atoms with Gasteiger partial charge in [-0.2, -0.15) is 0 Å². The summed E-state index contributed by atoms with van der Waals surface area (Å²) in [6, 6.07) is 45.8. The average molecular weight is 812 g/mol. The van der Waals surface area contributed by atoms with Crippen LogP contribution in [0.1, 0.15) is 76.5 Å². The SMILES string of the molecule is CCC1=C(c2cccc3c2-c2ccccc2C3(C)C)C(n2c3c(c4ccc(-n5c6ccccc6c6cc7ccccc7cc65)cc42)=C2C=CC=CC2(C)CC=3)=NC2=C(CCC=C2)C1. The largest absolute Gasteiger partial charge is 0.309 e. The van der Waals surface area contributed by atoms with E-state index in [-0.39, 0.29) is 10.8 Å². The van der Waals surface area contributed by atoms with Gasteiger partial charge in [0.2, 0.25) is 0 Å². The Kier molecular flexibility index (Phi) is 7.72. The van der Waals surface area contributed by atoms with Crippen molar-refractivity contribution in [2.24, 2.45) is 10.4 Å². The number of rotatable bonds is 3. The lowest BCUT2D eigenvalue weighted by Crippen LogP contribution is -2.41. The molecule has 2 aromatic heterocycles. The lowest BCUT2D eigenvalue weighted by Gasteiger charge is -2.31. The second-order valence-corrected chi connectivity index (χ2v) is 19.1. The Hall–Kier alpha value is -6.97. The van der Waals surface area contributed by atoms with E-state index in [2.05, 4.69) is 201 Å². The van der Waals surface area contributed by atoms with Crippen LogP contribution in [0.15, 0.2) is 180 Å². The summed E-state index contributed by atoms with van der Waals surface area (Å²) in [6.07, 6.45) is 21.3. The number of hydrogen-bond acceptors (Lipinski definition) is 1. The molecule has 3 heterocycles. The molecule has 304 valence electrons. The van der Waals surface area contributed by atoms with E-state index in [4.69, 9.17) is 4.99 Å². The molecular formula is C60H49N3. The quantitative estimate of drug-likeness (QED) is 0.170. The highest BCUT2D eigenvalue weighted by Crippen LogP contribution is 2.52. The molecule has 13 rings (SSSR count). The van der Waals surface area contributed by atoms with Crippen LogP contribution in [0.2, 0.25) is 0 Å². The van der Waals surface area contributed by atoms with Gasteiger partial charge in [-0.05, 0) is 118 Å². The highest BCUT2D eigenvalue weighted by atomic mass is 15.1. The van der Waals surface area contributed by atoms with E-state index in [9.17, 15) is 0 Å². The van der Waals surface area contributed by atoms with Gasteiger partial charge >= 0.3 is 0 Å². The molecule has 1 atom stereocenters. The number of nitrogens with zero attached hydrogens (tertiary/aromatic N) is 3. The van der Waals surface area contributed by atoms with Gasteiger partial charge in [-0.25, -0.2) is 4.99 Å². The first-order chi connectivity index (χ1) is 30.8. The Balaban J connectivity index is 1.17. The van der Waals surface area contributed by atoms with Crippen LogP contribution in [0.5, 0.6) is 0 Å². The lowest BCUT2D eigenvalue weighted by atomic mass is 9.73. The first kappa shape index (κ1) is 36.7. The van der Waals surface area contributed by atoms with Crippen LogP contribution in [-0.4, -0.2) is 15.0 Å². The van der Waals surface area contributed by atoms with E-state index >= 15 is 0 Å². The molecule has 8 aromatic rings. The summed E-state index contributed by atoms with van der Waals surface area (Å²) < 4.78 is 5.08. The van der Waals surface area contributed by atoms with Gasteiger partial charge in [-0.15, -0.1) is 0 Å². The first-order valence-corrected chi connectivity index (χ1v) is 22.9. The average Bonchev–Trinajstić information content (AvgIpc) is 3.85. The van der Waals surface area contributed by atoms with E-state index < -0.39 is 0 Å². The number of fused-ring (bicyclic) bond motifs is 11. The van der Waals surface area contributed by atoms with Crippen LogP contribution in [0.25, 0.3) is 77.5 Å². The first-order valence-electron chi connectivity index (χ1n) is 22.9. The van der Waals surface area contributed by atoms with Crippen molar-refractivity contribution >= 4 is 66.5 Å². The van der Waals surface area contributed by atoms with E-state index in [0.29, 0.717) is 0 Å². The highest BCUT2D eigenvalue weighted by Gasteiger charge is 2.39. The van der Waals surface area contributed by atoms with Crippen molar-refractivity contribution in [3.8, 4) is 16.8 Å². The van der Waals surface area contributed by atoms with Crippen molar-refractivity contribution in [2.75, 3.05) is 0 Å². The molecule has 1 aliphatic heterocycles. The Morgan fingerprint density at radius 3 is 2.33 bits per heavy atom. The molecule has 4 aliphatic carbocycles. The van der Waals surface area contributed by atoms with Crippen molar-refractivity contribution in [3.63, 3.8) is 0 Å². The Morgan fingerprint density at radius 2 is 1.44 bits per heavy atom.